The fraction of sp³-hybridized carbons (Fsp3) is 0.190. The van der Waals surface area contributed by atoms with Crippen molar-refractivity contribution in [3.8, 4) is 18.4 Å². The van der Waals surface area contributed by atoms with Gasteiger partial charge in [-0.05, 0) is 30.3 Å². The Bertz CT molecular complexity index is 848. The summed E-state index contributed by atoms with van der Waals surface area (Å²) in [6.45, 7) is 0.297. The predicted molar refractivity (Wildman–Crippen MR) is 101 cm³/mol. The van der Waals surface area contributed by atoms with Gasteiger partial charge in [-0.15, -0.1) is 6.42 Å². The number of carbonyl (C=O) groups is 2. The summed E-state index contributed by atoms with van der Waals surface area (Å²) >= 11 is 0. The molecule has 26 heavy (non-hydrogen) atoms. The topological polar surface area (TPSA) is 73.2 Å². The normalized spacial score (nSPS) is 9.62. The molecule has 130 valence electrons. The van der Waals surface area contributed by atoms with Crippen LogP contribution < -0.4 is 10.2 Å². The van der Waals surface area contributed by atoms with Crippen molar-refractivity contribution in [1.29, 1.82) is 5.26 Å². The average Bonchev–Trinajstić information content (AvgIpc) is 2.67. The van der Waals surface area contributed by atoms with Gasteiger partial charge < -0.3 is 10.2 Å². The van der Waals surface area contributed by atoms with Crippen LogP contribution in [0, 0.1) is 23.7 Å². The van der Waals surface area contributed by atoms with Crippen LogP contribution >= 0.6 is 0 Å². The van der Waals surface area contributed by atoms with Crippen molar-refractivity contribution in [3.63, 3.8) is 0 Å². The third-order valence-electron chi connectivity index (χ3n) is 3.70. The van der Waals surface area contributed by atoms with E-state index in [1.807, 2.05) is 24.3 Å². The quantitative estimate of drug-likeness (QED) is 0.782. The lowest BCUT2D eigenvalue weighted by Gasteiger charge is -2.21. The maximum atomic E-state index is 12.5. The van der Waals surface area contributed by atoms with Gasteiger partial charge in [-0.3, -0.25) is 9.59 Å². The van der Waals surface area contributed by atoms with Crippen LogP contribution in [0.2, 0.25) is 0 Å². The first-order chi connectivity index (χ1) is 12.6. The summed E-state index contributed by atoms with van der Waals surface area (Å²) in [7, 11) is 0. The Kier molecular flexibility index (Phi) is 6.97. The highest BCUT2D eigenvalue weighted by molar-refractivity contribution is 5.98. The van der Waals surface area contributed by atoms with E-state index in [2.05, 4.69) is 11.2 Å². The number of amides is 2. The minimum absolute atomic E-state index is 0.0506. The van der Waals surface area contributed by atoms with Gasteiger partial charge in [0, 0.05) is 36.3 Å². The molecule has 0 bridgehead atoms. The zero-order valence-electron chi connectivity index (χ0n) is 14.3. The zero-order chi connectivity index (χ0) is 18.8. The Morgan fingerprint density at radius 1 is 1.08 bits per heavy atom. The summed E-state index contributed by atoms with van der Waals surface area (Å²) in [6.07, 6.45) is 5.68. The van der Waals surface area contributed by atoms with Crippen LogP contribution in [0.5, 0.6) is 0 Å². The molecule has 0 saturated carbocycles. The summed E-state index contributed by atoms with van der Waals surface area (Å²) in [5, 5.41) is 11.5. The molecule has 0 saturated heterocycles. The van der Waals surface area contributed by atoms with E-state index >= 15 is 0 Å². The van der Waals surface area contributed by atoms with Crippen LogP contribution in [-0.2, 0) is 9.59 Å². The number of para-hydroxylation sites is 1. The SMILES string of the molecule is C#Cc1cccc(NC(=O)CCC(=O)N(CCC#N)c2ccccc2)c1. The van der Waals surface area contributed by atoms with Crippen molar-refractivity contribution in [2.45, 2.75) is 19.3 Å². The number of anilines is 2. The molecular weight excluding hydrogens is 326 g/mol. The van der Waals surface area contributed by atoms with Crippen molar-refractivity contribution in [2.75, 3.05) is 16.8 Å². The number of hydrogen-bond donors (Lipinski definition) is 1. The molecule has 0 heterocycles. The first kappa shape index (κ1) is 18.8. The molecule has 0 radical (unpaired) electrons. The zero-order valence-corrected chi connectivity index (χ0v) is 14.3. The molecule has 0 aliphatic heterocycles. The van der Waals surface area contributed by atoms with E-state index in [0.29, 0.717) is 17.8 Å². The Morgan fingerprint density at radius 3 is 2.54 bits per heavy atom. The van der Waals surface area contributed by atoms with E-state index in [1.54, 1.807) is 36.4 Å². The third kappa shape index (κ3) is 5.51. The van der Waals surface area contributed by atoms with Gasteiger partial charge >= 0.3 is 0 Å². The van der Waals surface area contributed by atoms with Gasteiger partial charge in [-0.1, -0.05) is 30.2 Å². The monoisotopic (exact) mass is 345 g/mol. The summed E-state index contributed by atoms with van der Waals surface area (Å²) in [6, 6.07) is 18.1. The fourth-order valence-corrected chi connectivity index (χ4v) is 2.43. The standard InChI is InChI=1S/C21H19N3O2/c1-2-17-8-6-9-18(16-17)23-20(25)12-13-21(26)24(15-7-14-22)19-10-4-3-5-11-19/h1,3-6,8-11,16H,7,12-13,15H2,(H,23,25). The fourth-order valence-electron chi connectivity index (χ4n) is 2.43. The number of hydrogen-bond acceptors (Lipinski definition) is 3. The van der Waals surface area contributed by atoms with Crippen LogP contribution in [0.3, 0.4) is 0 Å². The first-order valence-corrected chi connectivity index (χ1v) is 8.23. The molecular formula is C21H19N3O2. The van der Waals surface area contributed by atoms with Gasteiger partial charge in [0.05, 0.1) is 12.5 Å². The molecule has 0 aromatic heterocycles. The second-order valence-electron chi connectivity index (χ2n) is 5.56. The van der Waals surface area contributed by atoms with Crippen LogP contribution in [0.25, 0.3) is 0 Å². The molecule has 2 aromatic carbocycles. The van der Waals surface area contributed by atoms with Gasteiger partial charge in [-0.25, -0.2) is 0 Å². The van der Waals surface area contributed by atoms with Crippen molar-refractivity contribution >= 4 is 23.2 Å². The molecule has 5 nitrogen and oxygen atoms in total. The molecule has 0 spiro atoms. The summed E-state index contributed by atoms with van der Waals surface area (Å²) in [4.78, 5) is 26.2. The van der Waals surface area contributed by atoms with Crippen molar-refractivity contribution in [3.05, 3.63) is 60.2 Å². The minimum atomic E-state index is -0.263. The Labute approximate surface area is 153 Å². The van der Waals surface area contributed by atoms with Gasteiger partial charge in [0.25, 0.3) is 0 Å². The Hall–Kier alpha value is -3.57. The lowest BCUT2D eigenvalue weighted by molar-refractivity contribution is -0.122. The van der Waals surface area contributed by atoms with Crippen LogP contribution in [0.4, 0.5) is 11.4 Å². The number of terminal acetylenes is 1. The van der Waals surface area contributed by atoms with Crippen LogP contribution in [-0.4, -0.2) is 18.4 Å². The van der Waals surface area contributed by atoms with Gasteiger partial charge in [0.1, 0.15) is 0 Å². The largest absolute Gasteiger partial charge is 0.326 e. The average molecular weight is 345 g/mol. The maximum absolute atomic E-state index is 12.5. The molecule has 0 unspecified atom stereocenters. The highest BCUT2D eigenvalue weighted by atomic mass is 16.2. The third-order valence-corrected chi connectivity index (χ3v) is 3.70. The molecule has 0 aliphatic rings. The Balaban J connectivity index is 1.95. The van der Waals surface area contributed by atoms with Crippen molar-refractivity contribution < 1.29 is 9.59 Å². The van der Waals surface area contributed by atoms with Crippen molar-refractivity contribution in [1.82, 2.24) is 0 Å². The summed E-state index contributed by atoms with van der Waals surface area (Å²) in [5.41, 5.74) is 1.99. The van der Waals surface area contributed by atoms with E-state index in [0.717, 1.165) is 5.69 Å². The van der Waals surface area contributed by atoms with Crippen LogP contribution in [0.1, 0.15) is 24.8 Å². The van der Waals surface area contributed by atoms with Crippen molar-refractivity contribution in [2.24, 2.45) is 0 Å². The van der Waals surface area contributed by atoms with E-state index in [4.69, 9.17) is 11.7 Å². The van der Waals surface area contributed by atoms with Gasteiger partial charge in [0.15, 0.2) is 0 Å². The van der Waals surface area contributed by atoms with E-state index in [-0.39, 0.29) is 31.1 Å². The smallest absolute Gasteiger partial charge is 0.227 e. The van der Waals surface area contributed by atoms with Gasteiger partial charge in [0.2, 0.25) is 11.8 Å². The number of rotatable bonds is 7. The minimum Gasteiger partial charge on any atom is -0.326 e. The first-order valence-electron chi connectivity index (χ1n) is 8.23. The van der Waals surface area contributed by atoms with E-state index < -0.39 is 0 Å². The van der Waals surface area contributed by atoms with E-state index in [9.17, 15) is 9.59 Å². The Morgan fingerprint density at radius 2 is 1.85 bits per heavy atom. The summed E-state index contributed by atoms with van der Waals surface area (Å²) < 4.78 is 0. The number of benzene rings is 2. The highest BCUT2D eigenvalue weighted by Gasteiger charge is 2.16. The molecule has 5 heteroatoms. The number of nitrogens with zero attached hydrogens (tertiary/aromatic N) is 2. The van der Waals surface area contributed by atoms with Crippen LogP contribution in [0.15, 0.2) is 54.6 Å². The molecule has 1 N–H and O–H groups in total. The van der Waals surface area contributed by atoms with E-state index in [1.165, 1.54) is 4.90 Å². The maximum Gasteiger partial charge on any atom is 0.227 e. The lowest BCUT2D eigenvalue weighted by Crippen LogP contribution is -2.32. The predicted octanol–water partition coefficient (Wildman–Crippen LogP) is 3.33. The van der Waals surface area contributed by atoms with Gasteiger partial charge in [-0.2, -0.15) is 5.26 Å². The number of nitrogens with one attached hydrogen (secondary N) is 1. The summed E-state index contributed by atoms with van der Waals surface area (Å²) in [5.74, 6) is 2.05. The number of nitriles is 1. The molecule has 0 aliphatic carbocycles. The molecule has 2 aromatic rings. The second kappa shape index (κ2) is 9.66. The molecule has 2 amide bonds. The molecule has 0 atom stereocenters. The second-order valence-corrected chi connectivity index (χ2v) is 5.56. The molecule has 0 fully saturated rings. The number of carbonyl (C=O) groups excluding carboxylic acids is 2. The molecule has 2 rings (SSSR count). The lowest BCUT2D eigenvalue weighted by atomic mass is 10.2. The highest BCUT2D eigenvalue weighted by Crippen LogP contribution is 2.16.